The van der Waals surface area contributed by atoms with Crippen molar-refractivity contribution in [3.05, 3.63) is 231 Å². The number of para-hydroxylation sites is 3. The molecular weight excluding hydrogens is 773 g/mol. The highest BCUT2D eigenvalue weighted by molar-refractivity contribution is 6.20. The molecule has 14 rings (SSSR count). The lowest BCUT2D eigenvalue weighted by Crippen LogP contribution is -1.97. The van der Waals surface area contributed by atoms with Gasteiger partial charge in [0.1, 0.15) is 0 Å². The first kappa shape index (κ1) is 35.2. The van der Waals surface area contributed by atoms with Gasteiger partial charge < -0.3 is 9.13 Å². The van der Waals surface area contributed by atoms with E-state index in [0.29, 0.717) is 0 Å². The van der Waals surface area contributed by atoms with Gasteiger partial charge in [-0.3, -0.25) is 0 Å². The first-order chi connectivity index (χ1) is 31.8. The second-order valence-corrected chi connectivity index (χ2v) is 17.2. The van der Waals surface area contributed by atoms with Crippen LogP contribution in [0.25, 0.3) is 132 Å². The number of nitrogens with zero attached hydrogens (tertiary/aromatic N) is 2. The highest BCUT2D eigenvalue weighted by atomic mass is 15.0. The number of hydrogen-bond acceptors (Lipinski definition) is 0. The van der Waals surface area contributed by atoms with Crippen molar-refractivity contribution in [3.8, 4) is 67.0 Å². The van der Waals surface area contributed by atoms with Crippen LogP contribution in [0.3, 0.4) is 0 Å². The molecule has 64 heavy (non-hydrogen) atoms. The molecule has 0 atom stereocenters. The van der Waals surface area contributed by atoms with Gasteiger partial charge in [-0.2, -0.15) is 0 Å². The Bertz CT molecular complexity index is 4040. The lowest BCUT2D eigenvalue weighted by Gasteiger charge is -2.16. The van der Waals surface area contributed by atoms with E-state index in [4.69, 9.17) is 0 Å². The van der Waals surface area contributed by atoms with Crippen LogP contribution < -0.4 is 0 Å². The lowest BCUT2D eigenvalue weighted by molar-refractivity contribution is 1.18. The summed E-state index contributed by atoms with van der Waals surface area (Å²) in [5, 5.41) is 10.1. The molecule has 13 aromatic rings. The summed E-state index contributed by atoms with van der Waals surface area (Å²) in [5.74, 6) is 0. The Kier molecular flexibility index (Phi) is 7.43. The van der Waals surface area contributed by atoms with Crippen molar-refractivity contribution in [2.45, 2.75) is 0 Å². The predicted molar refractivity (Wildman–Crippen MR) is 271 cm³/mol. The van der Waals surface area contributed by atoms with Gasteiger partial charge in [0.25, 0.3) is 0 Å². The molecule has 1 aliphatic carbocycles. The van der Waals surface area contributed by atoms with Crippen LogP contribution >= 0.6 is 0 Å². The predicted octanol–water partition coefficient (Wildman–Crippen LogP) is 16.8. The zero-order valence-corrected chi connectivity index (χ0v) is 34.8. The van der Waals surface area contributed by atoms with Crippen LogP contribution in [0, 0.1) is 0 Å². The zero-order chi connectivity index (χ0) is 41.9. The Morgan fingerprint density at radius 1 is 0.250 bits per heavy atom. The summed E-state index contributed by atoms with van der Waals surface area (Å²) >= 11 is 0. The van der Waals surface area contributed by atoms with Gasteiger partial charge in [-0.05, 0) is 121 Å². The van der Waals surface area contributed by atoms with Crippen LogP contribution in [0.5, 0.6) is 0 Å². The molecule has 0 saturated carbocycles. The summed E-state index contributed by atoms with van der Waals surface area (Å²) in [6.45, 7) is 0. The molecule has 0 N–H and O–H groups in total. The highest BCUT2D eigenvalue weighted by Crippen LogP contribution is 2.50. The van der Waals surface area contributed by atoms with Crippen molar-refractivity contribution in [1.29, 1.82) is 0 Å². The SMILES string of the molecule is c1ccc(-n2c3ccc(-c4ccc5c(c4)c4ccccc4n5-c4ccccc4-c4cccc(-c5ccc6c7c(cccc57)-c5ccccc5-6)c4)cc3c3ccc4ccccc4c32)cc1. The third-order valence-electron chi connectivity index (χ3n) is 13.8. The molecule has 296 valence electrons. The minimum absolute atomic E-state index is 1.16. The van der Waals surface area contributed by atoms with Crippen LogP contribution in [-0.4, -0.2) is 9.13 Å². The first-order valence-corrected chi connectivity index (χ1v) is 22.2. The average molecular weight is 811 g/mol. The number of benzene rings is 11. The number of rotatable bonds is 5. The van der Waals surface area contributed by atoms with Gasteiger partial charge in [-0.15, -0.1) is 0 Å². The first-order valence-electron chi connectivity index (χ1n) is 22.2. The molecular formula is C62H38N2. The second kappa shape index (κ2) is 13.5. The topological polar surface area (TPSA) is 9.86 Å². The van der Waals surface area contributed by atoms with Crippen molar-refractivity contribution < 1.29 is 0 Å². The molecule has 0 bridgehead atoms. The largest absolute Gasteiger partial charge is 0.309 e. The average Bonchev–Trinajstić information content (AvgIpc) is 4.00. The van der Waals surface area contributed by atoms with Crippen LogP contribution in [0.4, 0.5) is 0 Å². The molecule has 1 aliphatic rings. The van der Waals surface area contributed by atoms with Crippen LogP contribution in [0.15, 0.2) is 231 Å². The Morgan fingerprint density at radius 3 is 1.62 bits per heavy atom. The maximum absolute atomic E-state index is 2.47. The third-order valence-corrected chi connectivity index (χ3v) is 13.8. The fourth-order valence-corrected chi connectivity index (χ4v) is 11.0. The van der Waals surface area contributed by atoms with Gasteiger partial charge in [0, 0.05) is 38.2 Å². The summed E-state index contributed by atoms with van der Waals surface area (Å²) in [5.41, 5.74) is 19.7. The van der Waals surface area contributed by atoms with E-state index in [1.165, 1.54) is 126 Å². The van der Waals surface area contributed by atoms with E-state index in [1.807, 2.05) is 0 Å². The number of aromatic nitrogens is 2. The van der Waals surface area contributed by atoms with E-state index < -0.39 is 0 Å². The van der Waals surface area contributed by atoms with Crippen molar-refractivity contribution in [1.82, 2.24) is 9.13 Å². The fraction of sp³-hybridized carbons (Fsp3) is 0. The molecule has 0 fully saturated rings. The molecule has 11 aromatic carbocycles. The Labute approximate surface area is 370 Å². The standard InChI is InChI=1S/C62H38N2/c1-2-17-44(18-3-1)63-59-34-29-41(38-56(59)54-31-28-39-14-4-5-20-47(39)62(54)63)40-30-35-60-55(37-40)50-23-9-11-27-58(50)64(60)57-26-10-8-19-46(57)43-16-12-15-42(36-43)45-32-33-53-49-22-7-6-21-48(49)52-25-13-24-51(45)61(52)53/h1-38H. The van der Waals surface area contributed by atoms with Gasteiger partial charge in [0.15, 0.2) is 0 Å². The van der Waals surface area contributed by atoms with Gasteiger partial charge in [0.05, 0.1) is 27.8 Å². The molecule has 0 aliphatic heterocycles. The monoisotopic (exact) mass is 810 g/mol. The van der Waals surface area contributed by atoms with Crippen molar-refractivity contribution in [3.63, 3.8) is 0 Å². The normalized spacial score (nSPS) is 12.1. The summed E-state index contributed by atoms with van der Waals surface area (Å²) in [7, 11) is 0. The highest BCUT2D eigenvalue weighted by Gasteiger charge is 2.23. The molecule has 2 aromatic heterocycles. The summed E-state index contributed by atoms with van der Waals surface area (Å²) in [6, 6.07) is 85.2. The molecule has 2 nitrogen and oxygen atoms in total. The summed E-state index contributed by atoms with van der Waals surface area (Å²) in [6.07, 6.45) is 0. The summed E-state index contributed by atoms with van der Waals surface area (Å²) in [4.78, 5) is 0. The quantitative estimate of drug-likeness (QED) is 0.164. The van der Waals surface area contributed by atoms with E-state index in [0.717, 1.165) is 5.69 Å². The van der Waals surface area contributed by atoms with E-state index in [9.17, 15) is 0 Å². The molecule has 0 spiro atoms. The molecule has 0 radical (unpaired) electrons. The number of hydrogen-bond donors (Lipinski definition) is 0. The van der Waals surface area contributed by atoms with Gasteiger partial charge in [-0.25, -0.2) is 0 Å². The zero-order valence-electron chi connectivity index (χ0n) is 34.8. The van der Waals surface area contributed by atoms with Gasteiger partial charge in [0.2, 0.25) is 0 Å². The van der Waals surface area contributed by atoms with Crippen molar-refractivity contribution in [2.75, 3.05) is 0 Å². The van der Waals surface area contributed by atoms with Crippen molar-refractivity contribution >= 4 is 65.2 Å². The molecule has 0 amide bonds. The second-order valence-electron chi connectivity index (χ2n) is 17.2. The fourth-order valence-electron chi connectivity index (χ4n) is 11.0. The molecule has 2 heteroatoms. The van der Waals surface area contributed by atoms with E-state index in [1.54, 1.807) is 0 Å². The smallest absolute Gasteiger partial charge is 0.0619 e. The van der Waals surface area contributed by atoms with E-state index in [2.05, 4.69) is 240 Å². The van der Waals surface area contributed by atoms with Crippen LogP contribution in [0.1, 0.15) is 0 Å². The Balaban J connectivity index is 0.912. The minimum atomic E-state index is 1.16. The number of fused-ring (bicyclic) bond motifs is 11. The lowest BCUT2D eigenvalue weighted by atomic mass is 9.92. The Morgan fingerprint density at radius 2 is 0.812 bits per heavy atom. The maximum atomic E-state index is 2.47. The third kappa shape index (κ3) is 5.02. The van der Waals surface area contributed by atoms with E-state index in [-0.39, 0.29) is 0 Å². The van der Waals surface area contributed by atoms with Crippen molar-refractivity contribution in [2.24, 2.45) is 0 Å². The van der Waals surface area contributed by atoms with E-state index >= 15 is 0 Å². The minimum Gasteiger partial charge on any atom is -0.309 e. The van der Waals surface area contributed by atoms with Crippen LogP contribution in [-0.2, 0) is 0 Å². The van der Waals surface area contributed by atoms with Gasteiger partial charge in [-0.1, -0.05) is 176 Å². The maximum Gasteiger partial charge on any atom is 0.0619 e. The molecule has 0 saturated heterocycles. The molecule has 0 unspecified atom stereocenters. The molecule has 2 heterocycles. The summed E-state index contributed by atoms with van der Waals surface area (Å²) < 4.78 is 4.90. The van der Waals surface area contributed by atoms with Crippen LogP contribution in [0.2, 0.25) is 0 Å². The van der Waals surface area contributed by atoms with Gasteiger partial charge >= 0.3 is 0 Å². The Hall–Kier alpha value is -8.46.